The van der Waals surface area contributed by atoms with Crippen molar-refractivity contribution in [1.29, 1.82) is 5.26 Å². The Morgan fingerprint density at radius 2 is 2.00 bits per heavy atom. The molecule has 0 unspecified atom stereocenters. The number of amides is 1. The number of anilines is 1. The van der Waals surface area contributed by atoms with Gasteiger partial charge in [-0.3, -0.25) is 9.59 Å². The maximum Gasteiger partial charge on any atom is 0.303 e. The number of unbranched alkanes of at least 4 members (excludes halogenated alkanes) is 2. The fraction of sp³-hybridized carbons (Fsp3) is 0.312. The predicted octanol–water partition coefficient (Wildman–Crippen LogP) is 2.55. The third-order valence-corrected chi connectivity index (χ3v) is 3.02. The summed E-state index contributed by atoms with van der Waals surface area (Å²) in [6.45, 7) is 0.284. The summed E-state index contributed by atoms with van der Waals surface area (Å²) in [6.07, 6.45) is 2.78. The van der Waals surface area contributed by atoms with Gasteiger partial charge in [-0.1, -0.05) is 6.42 Å². The van der Waals surface area contributed by atoms with Crippen molar-refractivity contribution in [3.8, 4) is 6.07 Å². The Labute approximate surface area is 137 Å². The summed E-state index contributed by atoms with van der Waals surface area (Å²) in [5.74, 6) is -2.90. The van der Waals surface area contributed by atoms with Crippen molar-refractivity contribution < 1.29 is 23.5 Å². The second-order valence-corrected chi connectivity index (χ2v) is 4.90. The normalized spacial score (nSPS) is 10.8. The van der Waals surface area contributed by atoms with Crippen molar-refractivity contribution in [2.75, 3.05) is 11.9 Å². The Morgan fingerprint density at radius 1 is 1.25 bits per heavy atom. The number of nitrogens with one attached hydrogen (secondary N) is 2. The lowest BCUT2D eigenvalue weighted by atomic mass is 10.2. The second-order valence-electron chi connectivity index (χ2n) is 4.90. The number of carboxylic acid groups (broad SMARTS) is 1. The van der Waals surface area contributed by atoms with Crippen molar-refractivity contribution in [3.05, 3.63) is 41.6 Å². The number of carbonyl (C=O) groups is 2. The molecule has 1 aromatic carbocycles. The smallest absolute Gasteiger partial charge is 0.303 e. The average molecular weight is 337 g/mol. The topological polar surface area (TPSA) is 102 Å². The molecular formula is C16H17F2N3O3. The molecule has 0 aliphatic heterocycles. The number of hydrogen-bond donors (Lipinski definition) is 3. The van der Waals surface area contributed by atoms with Gasteiger partial charge in [0.05, 0.1) is 5.69 Å². The monoisotopic (exact) mass is 337 g/mol. The molecule has 0 atom stereocenters. The Bertz CT molecular complexity index is 669. The average Bonchev–Trinajstić information content (AvgIpc) is 2.54. The van der Waals surface area contributed by atoms with Crippen LogP contribution in [0.2, 0.25) is 0 Å². The van der Waals surface area contributed by atoms with Crippen LogP contribution in [-0.2, 0) is 9.59 Å². The first-order chi connectivity index (χ1) is 11.4. The number of hydrogen-bond acceptors (Lipinski definition) is 4. The van der Waals surface area contributed by atoms with Crippen LogP contribution in [0.4, 0.5) is 14.5 Å². The van der Waals surface area contributed by atoms with Gasteiger partial charge in [-0.05, 0) is 25.0 Å². The van der Waals surface area contributed by atoms with Gasteiger partial charge in [0.1, 0.15) is 23.3 Å². The maximum atomic E-state index is 13.4. The van der Waals surface area contributed by atoms with Crippen molar-refractivity contribution in [3.63, 3.8) is 0 Å². The number of benzene rings is 1. The Morgan fingerprint density at radius 3 is 2.67 bits per heavy atom. The maximum absolute atomic E-state index is 13.4. The van der Waals surface area contributed by atoms with Gasteiger partial charge in [-0.15, -0.1) is 0 Å². The van der Waals surface area contributed by atoms with Gasteiger partial charge in [-0.25, -0.2) is 8.78 Å². The van der Waals surface area contributed by atoms with Crippen LogP contribution in [0.3, 0.4) is 0 Å². The first-order valence-corrected chi connectivity index (χ1v) is 7.26. The van der Waals surface area contributed by atoms with Crippen LogP contribution in [-0.4, -0.2) is 23.5 Å². The molecule has 8 heteroatoms. The highest BCUT2D eigenvalue weighted by atomic mass is 19.1. The molecule has 0 saturated heterocycles. The van der Waals surface area contributed by atoms with Crippen LogP contribution in [0.1, 0.15) is 25.7 Å². The molecule has 24 heavy (non-hydrogen) atoms. The molecule has 0 aliphatic carbocycles. The number of aliphatic carboxylic acids is 1. The van der Waals surface area contributed by atoms with E-state index < -0.39 is 23.5 Å². The minimum Gasteiger partial charge on any atom is -0.481 e. The van der Waals surface area contributed by atoms with Crippen LogP contribution in [0.15, 0.2) is 30.0 Å². The summed E-state index contributed by atoms with van der Waals surface area (Å²) in [7, 11) is 0. The fourth-order valence-electron chi connectivity index (χ4n) is 1.78. The molecule has 1 rings (SSSR count). The predicted molar refractivity (Wildman–Crippen MR) is 82.8 cm³/mol. The zero-order valence-electron chi connectivity index (χ0n) is 12.8. The minimum atomic E-state index is -0.871. The standard InChI is InChI=1S/C16H17F2N3O3/c17-12-5-6-13(18)14(8-12)21-10-11(9-19)16(24)20-7-3-1-2-4-15(22)23/h5-6,8,10,21H,1-4,7H2,(H,20,24)(H,22,23)/b11-10-. The molecule has 128 valence electrons. The number of nitriles is 1. The van der Waals surface area contributed by atoms with E-state index in [1.165, 1.54) is 0 Å². The van der Waals surface area contributed by atoms with Gasteiger partial charge in [0, 0.05) is 25.2 Å². The minimum absolute atomic E-state index is 0.0699. The SMILES string of the molecule is N#C/C(=C/Nc1cc(F)ccc1F)C(=O)NCCCCCC(=O)O. The molecule has 1 aromatic rings. The van der Waals surface area contributed by atoms with E-state index in [-0.39, 0.29) is 24.2 Å². The van der Waals surface area contributed by atoms with Crippen LogP contribution in [0, 0.1) is 23.0 Å². The van der Waals surface area contributed by atoms with Crippen LogP contribution < -0.4 is 10.6 Å². The van der Waals surface area contributed by atoms with E-state index in [0.29, 0.717) is 19.3 Å². The summed E-state index contributed by atoms with van der Waals surface area (Å²) >= 11 is 0. The van der Waals surface area contributed by atoms with Crippen LogP contribution in [0.25, 0.3) is 0 Å². The molecule has 6 nitrogen and oxygen atoms in total. The van der Waals surface area contributed by atoms with Gasteiger partial charge in [-0.2, -0.15) is 5.26 Å². The number of nitrogens with zero attached hydrogens (tertiary/aromatic N) is 1. The zero-order valence-corrected chi connectivity index (χ0v) is 12.8. The quantitative estimate of drug-likeness (QED) is 0.365. The molecule has 0 radical (unpaired) electrons. The van der Waals surface area contributed by atoms with Crippen molar-refractivity contribution in [1.82, 2.24) is 5.32 Å². The van der Waals surface area contributed by atoms with Crippen LogP contribution in [0.5, 0.6) is 0 Å². The summed E-state index contributed by atoms with van der Waals surface area (Å²) in [4.78, 5) is 22.1. The van der Waals surface area contributed by atoms with Gasteiger partial charge < -0.3 is 15.7 Å². The van der Waals surface area contributed by atoms with Gasteiger partial charge in [0.25, 0.3) is 5.91 Å². The van der Waals surface area contributed by atoms with Gasteiger partial charge in [0.15, 0.2) is 0 Å². The largest absolute Gasteiger partial charge is 0.481 e. The van der Waals surface area contributed by atoms with E-state index in [0.717, 1.165) is 24.4 Å². The first-order valence-electron chi connectivity index (χ1n) is 7.26. The molecular weight excluding hydrogens is 320 g/mol. The van der Waals surface area contributed by atoms with Crippen molar-refractivity contribution in [2.45, 2.75) is 25.7 Å². The first kappa shape index (κ1) is 19.1. The summed E-state index contributed by atoms with van der Waals surface area (Å²) in [5, 5.41) is 22.3. The molecule has 0 spiro atoms. The van der Waals surface area contributed by atoms with E-state index in [1.807, 2.05) is 0 Å². The van der Waals surface area contributed by atoms with E-state index in [1.54, 1.807) is 6.07 Å². The third kappa shape index (κ3) is 6.87. The van der Waals surface area contributed by atoms with Crippen LogP contribution >= 0.6 is 0 Å². The van der Waals surface area contributed by atoms with Gasteiger partial charge >= 0.3 is 5.97 Å². The molecule has 3 N–H and O–H groups in total. The number of halogens is 2. The highest BCUT2D eigenvalue weighted by molar-refractivity contribution is 5.97. The second kappa shape index (κ2) is 9.94. The number of carboxylic acids is 1. The summed E-state index contributed by atoms with van der Waals surface area (Å²) in [6, 6.07) is 4.45. The molecule has 1 amide bonds. The fourth-order valence-corrected chi connectivity index (χ4v) is 1.78. The highest BCUT2D eigenvalue weighted by Gasteiger charge is 2.09. The number of rotatable bonds is 9. The van der Waals surface area contributed by atoms with Gasteiger partial charge in [0.2, 0.25) is 0 Å². The molecule has 0 aromatic heterocycles. The van der Waals surface area contributed by atoms with E-state index in [2.05, 4.69) is 10.6 Å². The van der Waals surface area contributed by atoms with E-state index >= 15 is 0 Å². The Balaban J connectivity index is 2.47. The highest BCUT2D eigenvalue weighted by Crippen LogP contribution is 2.15. The molecule has 0 aliphatic rings. The Hall–Kier alpha value is -2.95. The summed E-state index contributed by atoms with van der Waals surface area (Å²) in [5.41, 5.74) is -0.478. The molecule has 0 heterocycles. The van der Waals surface area contributed by atoms with E-state index in [9.17, 15) is 18.4 Å². The molecule has 0 fully saturated rings. The van der Waals surface area contributed by atoms with E-state index in [4.69, 9.17) is 10.4 Å². The lowest BCUT2D eigenvalue weighted by Gasteiger charge is -2.06. The van der Waals surface area contributed by atoms with Crippen molar-refractivity contribution in [2.24, 2.45) is 0 Å². The zero-order chi connectivity index (χ0) is 17.9. The lowest BCUT2D eigenvalue weighted by Crippen LogP contribution is -2.26. The lowest BCUT2D eigenvalue weighted by molar-refractivity contribution is -0.137. The summed E-state index contributed by atoms with van der Waals surface area (Å²) < 4.78 is 26.4. The van der Waals surface area contributed by atoms with Crippen molar-refractivity contribution >= 4 is 17.6 Å². The Kier molecular flexibility index (Phi) is 7.91. The third-order valence-electron chi connectivity index (χ3n) is 3.02. The molecule has 0 bridgehead atoms. The number of carbonyl (C=O) groups excluding carboxylic acids is 1. The molecule has 0 saturated carbocycles.